The van der Waals surface area contributed by atoms with Crippen LogP contribution >= 0.6 is 11.6 Å². The molecule has 3 aliphatic rings. The predicted octanol–water partition coefficient (Wildman–Crippen LogP) is 4.48. The maximum Gasteiger partial charge on any atom is 0.227 e. The zero-order valence-corrected chi connectivity index (χ0v) is 17.8. The Morgan fingerprint density at radius 2 is 1.69 bits per heavy atom. The van der Waals surface area contributed by atoms with Gasteiger partial charge in [-0.25, -0.2) is 0 Å². The topological polar surface area (TPSA) is 75.4 Å². The third-order valence-electron chi connectivity index (χ3n) is 6.77. The first kappa shape index (κ1) is 20.7. The number of carbonyl (C=O) groups excluding carboxylic acids is 2. The van der Waals surface area contributed by atoms with Crippen molar-refractivity contribution in [3.05, 3.63) is 28.8 Å². The molecular formula is C23H32ClN3O2. The fourth-order valence-electron chi connectivity index (χ4n) is 4.75. The van der Waals surface area contributed by atoms with E-state index in [4.69, 9.17) is 17.3 Å². The number of amides is 2. The lowest BCUT2D eigenvalue weighted by Crippen LogP contribution is -2.44. The van der Waals surface area contributed by atoms with E-state index in [9.17, 15) is 9.59 Å². The van der Waals surface area contributed by atoms with Gasteiger partial charge in [-0.15, -0.1) is 0 Å². The molecule has 6 heteroatoms. The second kappa shape index (κ2) is 9.05. The molecule has 0 aromatic heterocycles. The third kappa shape index (κ3) is 5.13. The molecule has 4 rings (SSSR count). The van der Waals surface area contributed by atoms with E-state index in [-0.39, 0.29) is 35.7 Å². The average Bonchev–Trinajstić information content (AvgIpc) is 3.42. The molecule has 0 aliphatic heterocycles. The Labute approximate surface area is 178 Å². The monoisotopic (exact) mass is 417 g/mol. The first-order valence-corrected chi connectivity index (χ1v) is 11.5. The molecule has 0 saturated heterocycles. The first-order chi connectivity index (χ1) is 14.0. The number of rotatable bonds is 6. The highest BCUT2D eigenvalue weighted by Gasteiger charge is 2.37. The van der Waals surface area contributed by atoms with Gasteiger partial charge < -0.3 is 16.0 Å². The van der Waals surface area contributed by atoms with Gasteiger partial charge in [0.05, 0.1) is 0 Å². The van der Waals surface area contributed by atoms with E-state index in [0.29, 0.717) is 11.6 Å². The van der Waals surface area contributed by atoms with Crippen molar-refractivity contribution < 1.29 is 9.59 Å². The largest absolute Gasteiger partial charge is 0.335 e. The molecule has 0 radical (unpaired) electrons. The Bertz CT molecular complexity index is 750. The molecule has 0 bridgehead atoms. The second-order valence-corrected chi connectivity index (χ2v) is 9.49. The van der Waals surface area contributed by atoms with E-state index in [2.05, 4.69) is 5.32 Å². The zero-order chi connectivity index (χ0) is 20.4. The van der Waals surface area contributed by atoms with E-state index in [1.165, 1.54) is 0 Å². The smallest absolute Gasteiger partial charge is 0.227 e. The van der Waals surface area contributed by atoms with Crippen molar-refractivity contribution in [3.8, 4) is 0 Å². The number of halogens is 1. The van der Waals surface area contributed by atoms with E-state index in [1.54, 1.807) is 0 Å². The Hall–Kier alpha value is -1.59. The number of anilines is 1. The Morgan fingerprint density at radius 3 is 2.34 bits per heavy atom. The molecule has 2 amide bonds. The van der Waals surface area contributed by atoms with Crippen LogP contribution in [-0.4, -0.2) is 28.8 Å². The molecule has 3 aliphatic carbocycles. The zero-order valence-electron chi connectivity index (χ0n) is 17.0. The Kier molecular flexibility index (Phi) is 6.45. The summed E-state index contributed by atoms with van der Waals surface area (Å²) in [5.41, 5.74) is 7.75. The summed E-state index contributed by atoms with van der Waals surface area (Å²) in [5.74, 6) is 0.646. The van der Waals surface area contributed by atoms with Gasteiger partial charge in [-0.05, 0) is 75.1 Å². The van der Waals surface area contributed by atoms with Crippen LogP contribution in [-0.2, 0) is 16.1 Å². The minimum absolute atomic E-state index is 0.1000. The van der Waals surface area contributed by atoms with Gasteiger partial charge in [0.1, 0.15) is 0 Å². The molecular weight excluding hydrogens is 386 g/mol. The highest BCUT2D eigenvalue weighted by atomic mass is 35.5. The van der Waals surface area contributed by atoms with Crippen LogP contribution in [0.4, 0.5) is 5.69 Å². The van der Waals surface area contributed by atoms with Crippen molar-refractivity contribution in [3.63, 3.8) is 0 Å². The van der Waals surface area contributed by atoms with Gasteiger partial charge in [0, 0.05) is 41.2 Å². The van der Waals surface area contributed by atoms with Crippen LogP contribution in [0.3, 0.4) is 0 Å². The van der Waals surface area contributed by atoms with Crippen LogP contribution in [0, 0.1) is 11.8 Å². The average molecular weight is 418 g/mol. The first-order valence-electron chi connectivity index (χ1n) is 11.2. The Morgan fingerprint density at radius 1 is 1.00 bits per heavy atom. The summed E-state index contributed by atoms with van der Waals surface area (Å²) in [6.45, 7) is 0.501. The van der Waals surface area contributed by atoms with Gasteiger partial charge in [0.15, 0.2) is 0 Å². The van der Waals surface area contributed by atoms with Crippen molar-refractivity contribution in [1.29, 1.82) is 0 Å². The Balaban J connectivity index is 1.48. The number of nitrogens with one attached hydrogen (secondary N) is 1. The lowest BCUT2D eigenvalue weighted by atomic mass is 9.90. The van der Waals surface area contributed by atoms with Crippen LogP contribution in [0.15, 0.2) is 18.2 Å². The molecule has 3 saturated carbocycles. The predicted molar refractivity (Wildman–Crippen MR) is 116 cm³/mol. The summed E-state index contributed by atoms with van der Waals surface area (Å²) in [7, 11) is 0. The quantitative estimate of drug-likeness (QED) is 0.716. The number of carbonyl (C=O) groups is 2. The normalized spacial score (nSPS) is 25.0. The lowest BCUT2D eigenvalue weighted by molar-refractivity contribution is -0.136. The summed E-state index contributed by atoms with van der Waals surface area (Å²) in [6, 6.07) is 6.11. The number of benzene rings is 1. The lowest BCUT2D eigenvalue weighted by Gasteiger charge is -2.36. The minimum Gasteiger partial charge on any atom is -0.335 e. The highest BCUT2D eigenvalue weighted by molar-refractivity contribution is 6.31. The number of nitrogens with zero attached hydrogens (tertiary/aromatic N) is 1. The van der Waals surface area contributed by atoms with Crippen LogP contribution < -0.4 is 11.1 Å². The molecule has 3 fully saturated rings. The summed E-state index contributed by atoms with van der Waals surface area (Å²) in [5, 5.41) is 3.70. The minimum atomic E-state index is 0.1000. The van der Waals surface area contributed by atoms with Gasteiger partial charge >= 0.3 is 0 Å². The molecule has 0 spiro atoms. The summed E-state index contributed by atoms with van der Waals surface area (Å²) in [6.07, 6.45) is 10.0. The SMILES string of the molecule is NC1CCC(N(Cc2cc(NC(=O)C3CCCC3)ccc2Cl)C(=O)C2CC2)CC1. The molecule has 0 atom stereocenters. The molecule has 5 nitrogen and oxygen atoms in total. The van der Waals surface area contributed by atoms with Crippen LogP contribution in [0.5, 0.6) is 0 Å². The van der Waals surface area contributed by atoms with Gasteiger partial charge in [0.25, 0.3) is 0 Å². The number of nitrogens with two attached hydrogens (primary N) is 1. The molecule has 0 unspecified atom stereocenters. The highest BCUT2D eigenvalue weighted by Crippen LogP contribution is 2.35. The molecule has 29 heavy (non-hydrogen) atoms. The molecule has 3 N–H and O–H groups in total. The van der Waals surface area contributed by atoms with Gasteiger partial charge in [-0.1, -0.05) is 24.4 Å². The van der Waals surface area contributed by atoms with Gasteiger partial charge in [-0.2, -0.15) is 0 Å². The van der Waals surface area contributed by atoms with Crippen LogP contribution in [0.2, 0.25) is 5.02 Å². The van der Waals surface area contributed by atoms with E-state index >= 15 is 0 Å². The van der Waals surface area contributed by atoms with Crippen molar-refractivity contribution >= 4 is 29.1 Å². The molecule has 158 valence electrons. The van der Waals surface area contributed by atoms with Crippen molar-refractivity contribution in [2.45, 2.75) is 82.8 Å². The van der Waals surface area contributed by atoms with Crippen molar-refractivity contribution in [2.75, 3.05) is 5.32 Å². The van der Waals surface area contributed by atoms with Crippen LogP contribution in [0.25, 0.3) is 0 Å². The number of hydrogen-bond donors (Lipinski definition) is 2. The van der Waals surface area contributed by atoms with Gasteiger partial charge in [0.2, 0.25) is 11.8 Å². The molecule has 1 aromatic rings. The number of hydrogen-bond acceptors (Lipinski definition) is 3. The summed E-state index contributed by atoms with van der Waals surface area (Å²) >= 11 is 6.50. The molecule has 0 heterocycles. The standard InChI is InChI=1S/C23H32ClN3O2/c24-21-12-9-19(26-22(28)15-3-1-2-4-15)13-17(21)14-27(23(29)16-5-6-16)20-10-7-18(25)8-11-20/h9,12-13,15-16,18,20H,1-8,10-11,14,25H2,(H,26,28). The van der Waals surface area contributed by atoms with E-state index in [0.717, 1.165) is 75.5 Å². The van der Waals surface area contributed by atoms with E-state index < -0.39 is 0 Å². The van der Waals surface area contributed by atoms with Crippen molar-refractivity contribution in [1.82, 2.24) is 4.90 Å². The fourth-order valence-corrected chi connectivity index (χ4v) is 4.93. The molecule has 1 aromatic carbocycles. The van der Waals surface area contributed by atoms with Crippen molar-refractivity contribution in [2.24, 2.45) is 17.6 Å². The summed E-state index contributed by atoms with van der Waals surface area (Å²) in [4.78, 5) is 27.6. The van der Waals surface area contributed by atoms with E-state index in [1.807, 2.05) is 23.1 Å². The van der Waals surface area contributed by atoms with Crippen LogP contribution in [0.1, 0.15) is 69.8 Å². The van der Waals surface area contributed by atoms with Gasteiger partial charge in [-0.3, -0.25) is 9.59 Å². The maximum absolute atomic E-state index is 13.0. The third-order valence-corrected chi connectivity index (χ3v) is 7.14. The maximum atomic E-state index is 13.0. The second-order valence-electron chi connectivity index (χ2n) is 9.09. The fraction of sp³-hybridized carbons (Fsp3) is 0.652. The summed E-state index contributed by atoms with van der Waals surface area (Å²) < 4.78 is 0.